The van der Waals surface area contributed by atoms with Crippen molar-refractivity contribution in [3.63, 3.8) is 0 Å². The molecular formula is C11H13N3O. The van der Waals surface area contributed by atoms with Crippen molar-refractivity contribution in [1.29, 1.82) is 0 Å². The van der Waals surface area contributed by atoms with Gasteiger partial charge in [-0.3, -0.25) is 4.79 Å². The molecule has 0 saturated carbocycles. The zero-order chi connectivity index (χ0) is 11.3. The van der Waals surface area contributed by atoms with Crippen LogP contribution in [0.1, 0.15) is 23.8 Å². The fourth-order valence-electron chi connectivity index (χ4n) is 1.10. The minimum atomic E-state index is -0.335. The highest BCUT2D eigenvalue weighted by Crippen LogP contribution is 2.06. The number of nitrogens with one attached hydrogen (secondary N) is 1. The summed E-state index contributed by atoms with van der Waals surface area (Å²) in [6, 6.07) is 3.02. The minimum absolute atomic E-state index is 0.214. The van der Waals surface area contributed by atoms with Gasteiger partial charge < -0.3 is 11.1 Å². The molecule has 0 aliphatic heterocycles. The Morgan fingerprint density at radius 1 is 1.80 bits per heavy atom. The van der Waals surface area contributed by atoms with Gasteiger partial charge in [-0.2, -0.15) is 0 Å². The van der Waals surface area contributed by atoms with Gasteiger partial charge in [-0.05, 0) is 18.6 Å². The molecule has 0 aliphatic rings. The molecule has 4 heteroatoms. The summed E-state index contributed by atoms with van der Waals surface area (Å²) < 4.78 is 0. The normalized spacial score (nSPS) is 11.5. The van der Waals surface area contributed by atoms with Crippen LogP contribution in [0.15, 0.2) is 18.3 Å². The average Bonchev–Trinajstić information content (AvgIpc) is 2.26. The van der Waals surface area contributed by atoms with Crippen LogP contribution in [0.5, 0.6) is 0 Å². The first-order valence-electron chi connectivity index (χ1n) is 4.66. The van der Waals surface area contributed by atoms with Gasteiger partial charge >= 0.3 is 0 Å². The number of aromatic nitrogens is 1. The van der Waals surface area contributed by atoms with Crippen LogP contribution in [0.25, 0.3) is 0 Å². The molecular weight excluding hydrogens is 190 g/mol. The molecule has 1 heterocycles. The lowest BCUT2D eigenvalue weighted by atomic mass is 10.2. The minimum Gasteiger partial charge on any atom is -0.397 e. The van der Waals surface area contributed by atoms with E-state index in [2.05, 4.69) is 16.2 Å². The maximum absolute atomic E-state index is 11.6. The van der Waals surface area contributed by atoms with E-state index < -0.39 is 0 Å². The van der Waals surface area contributed by atoms with Gasteiger partial charge in [0.2, 0.25) is 0 Å². The molecule has 0 fully saturated rings. The summed E-state index contributed by atoms with van der Waals surface area (Å²) in [6.45, 7) is 1.90. The molecule has 78 valence electrons. The van der Waals surface area contributed by atoms with Gasteiger partial charge in [0, 0.05) is 6.20 Å². The molecule has 0 bridgehead atoms. The van der Waals surface area contributed by atoms with Crippen molar-refractivity contribution in [2.75, 3.05) is 5.73 Å². The Bertz CT molecular complexity index is 395. The van der Waals surface area contributed by atoms with Crippen molar-refractivity contribution in [2.45, 2.75) is 19.4 Å². The fraction of sp³-hybridized carbons (Fsp3) is 0.273. The maximum Gasteiger partial charge on any atom is 0.272 e. The Hall–Kier alpha value is -2.02. The second kappa shape index (κ2) is 5.01. The van der Waals surface area contributed by atoms with E-state index in [-0.39, 0.29) is 17.6 Å². The van der Waals surface area contributed by atoms with Crippen molar-refractivity contribution in [3.8, 4) is 12.3 Å². The summed E-state index contributed by atoms with van der Waals surface area (Å²) in [7, 11) is 0. The van der Waals surface area contributed by atoms with Crippen LogP contribution in [0, 0.1) is 12.3 Å². The summed E-state index contributed by atoms with van der Waals surface area (Å²) in [6.07, 6.45) is 7.42. The number of terminal acetylenes is 1. The van der Waals surface area contributed by atoms with Crippen LogP contribution in [0.3, 0.4) is 0 Å². The Morgan fingerprint density at radius 2 is 2.53 bits per heavy atom. The van der Waals surface area contributed by atoms with Crippen molar-refractivity contribution in [3.05, 3.63) is 24.0 Å². The zero-order valence-corrected chi connectivity index (χ0v) is 8.53. The van der Waals surface area contributed by atoms with Crippen LogP contribution in [0.4, 0.5) is 5.69 Å². The van der Waals surface area contributed by atoms with Gasteiger partial charge in [-0.25, -0.2) is 4.98 Å². The third kappa shape index (κ3) is 2.71. The van der Waals surface area contributed by atoms with E-state index in [4.69, 9.17) is 12.2 Å². The third-order valence-electron chi connectivity index (χ3n) is 1.97. The molecule has 1 unspecified atom stereocenters. The number of carbonyl (C=O) groups is 1. The van der Waals surface area contributed by atoms with E-state index in [1.807, 2.05) is 6.92 Å². The number of nitrogens with zero attached hydrogens (tertiary/aromatic N) is 1. The van der Waals surface area contributed by atoms with Gasteiger partial charge in [-0.15, -0.1) is 6.42 Å². The van der Waals surface area contributed by atoms with Gasteiger partial charge in [0.15, 0.2) is 5.69 Å². The maximum atomic E-state index is 11.6. The van der Waals surface area contributed by atoms with Crippen molar-refractivity contribution in [2.24, 2.45) is 0 Å². The van der Waals surface area contributed by atoms with Gasteiger partial charge in [-0.1, -0.05) is 12.8 Å². The van der Waals surface area contributed by atoms with Crippen LogP contribution in [-0.2, 0) is 0 Å². The topological polar surface area (TPSA) is 68.0 Å². The molecule has 0 saturated heterocycles. The van der Waals surface area contributed by atoms with E-state index >= 15 is 0 Å². The highest BCUT2D eigenvalue weighted by Gasteiger charge is 2.13. The van der Waals surface area contributed by atoms with Crippen LogP contribution < -0.4 is 11.1 Å². The van der Waals surface area contributed by atoms with Crippen LogP contribution in [0.2, 0.25) is 0 Å². The lowest BCUT2D eigenvalue weighted by Gasteiger charge is -2.10. The number of pyridine rings is 1. The summed E-state index contributed by atoms with van der Waals surface area (Å²) in [4.78, 5) is 15.5. The van der Waals surface area contributed by atoms with Gasteiger partial charge in [0.05, 0.1) is 11.7 Å². The van der Waals surface area contributed by atoms with Crippen LogP contribution >= 0.6 is 0 Å². The van der Waals surface area contributed by atoms with E-state index in [0.717, 1.165) is 0 Å². The standard InChI is InChI=1S/C11H13N3O/c1-3-8(4-2)14-11(15)10-9(12)6-5-7-13-10/h1,5-8H,4,12H2,2H3,(H,14,15). The van der Waals surface area contributed by atoms with Gasteiger partial charge in [0.25, 0.3) is 5.91 Å². The summed E-state index contributed by atoms with van der Waals surface area (Å²) in [5, 5.41) is 2.66. The smallest absolute Gasteiger partial charge is 0.272 e. The van der Waals surface area contributed by atoms with E-state index in [1.165, 1.54) is 6.20 Å². The first kappa shape index (κ1) is 11.1. The molecule has 3 N–H and O–H groups in total. The number of nitrogens with two attached hydrogens (primary N) is 1. The number of rotatable bonds is 3. The number of carbonyl (C=O) groups excluding carboxylic acids is 1. The molecule has 1 aromatic heterocycles. The fourth-order valence-corrected chi connectivity index (χ4v) is 1.10. The second-order valence-corrected chi connectivity index (χ2v) is 3.04. The number of hydrogen-bond acceptors (Lipinski definition) is 3. The average molecular weight is 203 g/mol. The summed E-state index contributed by atoms with van der Waals surface area (Å²) in [5.41, 5.74) is 6.17. The molecule has 1 amide bonds. The first-order chi connectivity index (χ1) is 7.19. The molecule has 0 spiro atoms. The van der Waals surface area contributed by atoms with E-state index in [1.54, 1.807) is 12.1 Å². The predicted octanol–water partition coefficient (Wildman–Crippen LogP) is 0.805. The lowest BCUT2D eigenvalue weighted by Crippen LogP contribution is -2.34. The molecule has 15 heavy (non-hydrogen) atoms. The first-order valence-corrected chi connectivity index (χ1v) is 4.66. The summed E-state index contributed by atoms with van der Waals surface area (Å²) in [5.74, 6) is 2.14. The highest BCUT2D eigenvalue weighted by molar-refractivity contribution is 5.97. The molecule has 0 aliphatic carbocycles. The van der Waals surface area contributed by atoms with E-state index in [9.17, 15) is 4.79 Å². The Morgan fingerprint density at radius 3 is 3.07 bits per heavy atom. The SMILES string of the molecule is C#CC(CC)NC(=O)c1ncccc1N. The molecule has 4 nitrogen and oxygen atoms in total. The Labute approximate surface area is 88.9 Å². The van der Waals surface area contributed by atoms with Crippen molar-refractivity contribution < 1.29 is 4.79 Å². The zero-order valence-electron chi connectivity index (χ0n) is 8.53. The van der Waals surface area contributed by atoms with Crippen molar-refractivity contribution in [1.82, 2.24) is 10.3 Å². The largest absolute Gasteiger partial charge is 0.397 e. The molecule has 1 rings (SSSR count). The number of nitrogen functional groups attached to an aromatic ring is 1. The Balaban J connectivity index is 2.79. The monoisotopic (exact) mass is 203 g/mol. The van der Waals surface area contributed by atoms with E-state index in [0.29, 0.717) is 12.1 Å². The molecule has 1 aromatic rings. The number of hydrogen-bond donors (Lipinski definition) is 2. The van der Waals surface area contributed by atoms with Gasteiger partial charge in [0.1, 0.15) is 0 Å². The molecule has 0 radical (unpaired) electrons. The molecule has 1 atom stereocenters. The lowest BCUT2D eigenvalue weighted by molar-refractivity contribution is 0.0941. The summed E-state index contributed by atoms with van der Waals surface area (Å²) >= 11 is 0. The highest BCUT2D eigenvalue weighted by atomic mass is 16.1. The van der Waals surface area contributed by atoms with Crippen LogP contribution in [-0.4, -0.2) is 16.9 Å². The van der Waals surface area contributed by atoms with Crippen molar-refractivity contribution >= 4 is 11.6 Å². The Kier molecular flexibility index (Phi) is 3.69. The number of anilines is 1. The quantitative estimate of drug-likeness (QED) is 0.714. The molecule has 0 aromatic carbocycles. The third-order valence-corrected chi connectivity index (χ3v) is 1.97. The second-order valence-electron chi connectivity index (χ2n) is 3.04. The number of amides is 1. The predicted molar refractivity (Wildman–Crippen MR) is 59.0 cm³/mol.